The summed E-state index contributed by atoms with van der Waals surface area (Å²) >= 11 is 0. The molecule has 3 aromatic heterocycles. The second-order valence-electron chi connectivity index (χ2n) is 5.41. The maximum atomic E-state index is 12.3. The molecule has 8 nitrogen and oxygen atoms in total. The molecule has 3 heterocycles. The summed E-state index contributed by atoms with van der Waals surface area (Å²) in [6, 6.07) is 8.59. The van der Waals surface area contributed by atoms with Crippen LogP contribution in [0.4, 0.5) is 5.82 Å². The molecule has 0 unspecified atom stereocenters. The molecular formula is C19H18N4O4. The number of esters is 1. The number of pyridine rings is 1. The van der Waals surface area contributed by atoms with Crippen molar-refractivity contribution >= 4 is 23.8 Å². The number of aliphatic hydroxyl groups is 1. The Labute approximate surface area is 155 Å². The fraction of sp³-hybridized carbons (Fsp3) is 0.158. The van der Waals surface area contributed by atoms with E-state index in [9.17, 15) is 9.90 Å². The maximum absolute atomic E-state index is 12.3. The van der Waals surface area contributed by atoms with Crippen molar-refractivity contribution < 1.29 is 19.1 Å². The van der Waals surface area contributed by atoms with Crippen molar-refractivity contribution in [3.63, 3.8) is 0 Å². The summed E-state index contributed by atoms with van der Waals surface area (Å²) in [4.78, 5) is 20.5. The highest BCUT2D eigenvalue weighted by atomic mass is 16.5. The van der Waals surface area contributed by atoms with Gasteiger partial charge < -0.3 is 14.3 Å². The van der Waals surface area contributed by atoms with Crippen LogP contribution in [0.3, 0.4) is 0 Å². The normalized spacial score (nSPS) is 12.2. The quantitative estimate of drug-likeness (QED) is 0.298. The van der Waals surface area contributed by atoms with Crippen molar-refractivity contribution in [3.05, 3.63) is 72.1 Å². The number of carbonyl (C=O) groups is 1. The van der Waals surface area contributed by atoms with Crippen molar-refractivity contribution in [2.24, 2.45) is 4.99 Å². The lowest BCUT2D eigenvalue weighted by molar-refractivity contribution is -0.137. The molecule has 0 saturated heterocycles. The highest BCUT2D eigenvalue weighted by molar-refractivity contribution is 6.15. The van der Waals surface area contributed by atoms with E-state index in [2.05, 4.69) is 15.1 Å². The lowest BCUT2D eigenvalue weighted by Crippen LogP contribution is -2.11. The molecule has 1 N–H and O–H groups in total. The average molecular weight is 366 g/mol. The van der Waals surface area contributed by atoms with Gasteiger partial charge in [-0.1, -0.05) is 0 Å². The molecule has 0 aromatic carbocycles. The Morgan fingerprint density at radius 3 is 2.93 bits per heavy atom. The van der Waals surface area contributed by atoms with E-state index in [-0.39, 0.29) is 17.9 Å². The molecule has 0 spiro atoms. The van der Waals surface area contributed by atoms with Gasteiger partial charge in [0.25, 0.3) is 0 Å². The van der Waals surface area contributed by atoms with Gasteiger partial charge >= 0.3 is 5.97 Å². The van der Waals surface area contributed by atoms with Crippen LogP contribution in [0.25, 0.3) is 5.76 Å². The Hall–Kier alpha value is -3.68. The van der Waals surface area contributed by atoms with E-state index in [0.717, 1.165) is 5.76 Å². The molecule has 0 saturated carbocycles. The summed E-state index contributed by atoms with van der Waals surface area (Å²) in [7, 11) is 0. The molecule has 3 rings (SSSR count). The Morgan fingerprint density at radius 1 is 1.33 bits per heavy atom. The number of carbonyl (C=O) groups excluding carboxylic acids is 1. The summed E-state index contributed by atoms with van der Waals surface area (Å²) < 4.78 is 11.9. The zero-order valence-electron chi connectivity index (χ0n) is 14.6. The van der Waals surface area contributed by atoms with Gasteiger partial charge in [0.2, 0.25) is 0 Å². The Kier molecular flexibility index (Phi) is 5.78. The third-order valence-electron chi connectivity index (χ3n) is 3.59. The summed E-state index contributed by atoms with van der Waals surface area (Å²) in [5.41, 5.74) is 0.312. The first kappa shape index (κ1) is 18.1. The predicted molar refractivity (Wildman–Crippen MR) is 98.6 cm³/mol. The van der Waals surface area contributed by atoms with E-state index in [1.807, 2.05) is 6.07 Å². The molecular weight excluding hydrogens is 348 g/mol. The van der Waals surface area contributed by atoms with Crippen molar-refractivity contribution in [1.82, 2.24) is 14.8 Å². The molecule has 0 amide bonds. The zero-order valence-corrected chi connectivity index (χ0v) is 14.6. The number of nitrogens with zero attached hydrogens (tertiary/aromatic N) is 4. The molecule has 0 fully saturated rings. The smallest absolute Gasteiger partial charge is 0.343 e. The number of aromatic nitrogens is 3. The second kappa shape index (κ2) is 8.61. The number of hydrogen-bond acceptors (Lipinski definition) is 7. The fourth-order valence-electron chi connectivity index (χ4n) is 2.32. The van der Waals surface area contributed by atoms with Crippen LogP contribution in [0.1, 0.15) is 18.2 Å². The number of aliphatic hydroxyl groups excluding tert-OH is 1. The maximum Gasteiger partial charge on any atom is 0.343 e. The first-order valence-electron chi connectivity index (χ1n) is 8.28. The zero-order chi connectivity index (χ0) is 19.1. The van der Waals surface area contributed by atoms with Gasteiger partial charge in [-0.25, -0.2) is 14.5 Å². The van der Waals surface area contributed by atoms with Crippen LogP contribution in [0.15, 0.2) is 70.2 Å². The molecule has 27 heavy (non-hydrogen) atoms. The summed E-state index contributed by atoms with van der Waals surface area (Å²) in [5, 5.41) is 14.7. The second-order valence-corrected chi connectivity index (χ2v) is 5.41. The van der Waals surface area contributed by atoms with Crippen LogP contribution < -0.4 is 0 Å². The lowest BCUT2D eigenvalue weighted by atomic mass is 10.1. The molecule has 0 bridgehead atoms. The van der Waals surface area contributed by atoms with Crippen molar-refractivity contribution in [2.75, 3.05) is 6.61 Å². The Balaban J connectivity index is 1.91. The molecule has 8 heteroatoms. The molecule has 0 aliphatic carbocycles. The van der Waals surface area contributed by atoms with E-state index in [4.69, 9.17) is 9.15 Å². The van der Waals surface area contributed by atoms with Crippen LogP contribution in [0.5, 0.6) is 0 Å². The van der Waals surface area contributed by atoms with Crippen LogP contribution in [-0.4, -0.2) is 38.7 Å². The highest BCUT2D eigenvalue weighted by Crippen LogP contribution is 2.18. The van der Waals surface area contributed by atoms with E-state index < -0.39 is 5.97 Å². The largest absolute Gasteiger partial charge is 0.506 e. The standard InChI is InChI=1S/C19H18N4O4/c1-2-26-19(25)16(18(24)14-5-3-8-20-11-14)12-21-17-7-9-22-23(17)13-15-6-4-10-27-15/h3-12,24H,2,13H2,1H3. The minimum Gasteiger partial charge on any atom is -0.506 e. The fourth-order valence-corrected chi connectivity index (χ4v) is 2.32. The van der Waals surface area contributed by atoms with Gasteiger partial charge in [0.15, 0.2) is 5.82 Å². The highest BCUT2D eigenvalue weighted by Gasteiger charge is 2.17. The number of rotatable bonds is 7. The number of furan rings is 1. The monoisotopic (exact) mass is 366 g/mol. The van der Waals surface area contributed by atoms with Gasteiger partial charge in [0.05, 0.1) is 19.1 Å². The first-order chi connectivity index (χ1) is 13.2. The number of hydrogen-bond donors (Lipinski definition) is 1. The third kappa shape index (κ3) is 4.49. The van der Waals surface area contributed by atoms with Crippen molar-refractivity contribution in [2.45, 2.75) is 13.5 Å². The lowest BCUT2D eigenvalue weighted by Gasteiger charge is -2.07. The van der Waals surface area contributed by atoms with Gasteiger partial charge in [-0.15, -0.1) is 0 Å². The first-order valence-corrected chi connectivity index (χ1v) is 8.28. The van der Waals surface area contributed by atoms with Gasteiger partial charge in [-0.2, -0.15) is 5.10 Å². The predicted octanol–water partition coefficient (Wildman–Crippen LogP) is 3.15. The topological polar surface area (TPSA) is 103 Å². The summed E-state index contributed by atoms with van der Waals surface area (Å²) in [6.07, 6.45) is 7.45. The van der Waals surface area contributed by atoms with Gasteiger partial charge in [-0.05, 0) is 31.2 Å². The van der Waals surface area contributed by atoms with Crippen molar-refractivity contribution in [3.8, 4) is 0 Å². The minimum atomic E-state index is -0.681. The SMILES string of the molecule is CCOC(=O)C(C=Nc1ccnn1Cc1ccco1)=C(O)c1cccnc1. The van der Waals surface area contributed by atoms with E-state index in [1.165, 1.54) is 12.4 Å². The van der Waals surface area contributed by atoms with Crippen LogP contribution in [0.2, 0.25) is 0 Å². The van der Waals surface area contributed by atoms with E-state index in [0.29, 0.717) is 17.9 Å². The molecule has 0 aliphatic rings. The number of ether oxygens (including phenoxy) is 1. The molecule has 3 aromatic rings. The Morgan fingerprint density at radius 2 is 2.22 bits per heavy atom. The van der Waals surface area contributed by atoms with E-state index >= 15 is 0 Å². The van der Waals surface area contributed by atoms with Crippen LogP contribution >= 0.6 is 0 Å². The van der Waals surface area contributed by atoms with Gasteiger partial charge in [0, 0.05) is 30.2 Å². The van der Waals surface area contributed by atoms with Crippen LogP contribution in [0, 0.1) is 0 Å². The Bertz CT molecular complexity index is 943. The third-order valence-corrected chi connectivity index (χ3v) is 3.59. The summed E-state index contributed by atoms with van der Waals surface area (Å²) in [6.45, 7) is 2.25. The van der Waals surface area contributed by atoms with Gasteiger partial charge in [0.1, 0.15) is 23.6 Å². The minimum absolute atomic E-state index is 0.0735. The average Bonchev–Trinajstić information content (AvgIpc) is 3.35. The van der Waals surface area contributed by atoms with Crippen molar-refractivity contribution in [1.29, 1.82) is 0 Å². The molecule has 138 valence electrons. The van der Waals surface area contributed by atoms with Crippen LogP contribution in [-0.2, 0) is 16.1 Å². The summed E-state index contributed by atoms with van der Waals surface area (Å²) in [5.74, 6) is 0.267. The molecule has 0 radical (unpaired) electrons. The van der Waals surface area contributed by atoms with E-state index in [1.54, 1.807) is 54.5 Å². The van der Waals surface area contributed by atoms with Gasteiger partial charge in [-0.3, -0.25) is 4.98 Å². The number of aliphatic imine (C=N–C) groups is 1. The molecule has 0 atom stereocenters. The molecule has 0 aliphatic heterocycles.